The molecule has 2 aromatic heterocycles. The first-order valence-corrected chi connectivity index (χ1v) is 9.74. The number of carbonyl (C=O) groups is 1. The van der Waals surface area contributed by atoms with Crippen LogP contribution < -0.4 is 11.0 Å². The maximum Gasteiger partial charge on any atom is 0.323 e. The number of fused-ring (bicyclic) bond motifs is 1. The number of carbonyl (C=O) groups excluding carboxylic acids is 1. The number of aromatic nitrogens is 4. The molecule has 2 aromatic carbocycles. The highest BCUT2D eigenvalue weighted by atomic mass is 32.2. The molecule has 3 N–H and O–H groups in total. The molecule has 0 fully saturated rings. The number of imidazole rings is 2. The third-order valence-electron chi connectivity index (χ3n) is 4.57. The summed E-state index contributed by atoms with van der Waals surface area (Å²) in [7, 11) is 0. The quantitative estimate of drug-likeness (QED) is 0.453. The number of thioether (sulfide) groups is 1. The summed E-state index contributed by atoms with van der Waals surface area (Å²) in [4.78, 5) is 33.5. The van der Waals surface area contributed by atoms with Gasteiger partial charge in [0.2, 0.25) is 5.91 Å². The fraction of sp³-hybridized carbons (Fsp3) is 0.150. The number of hydrogen-bond donors (Lipinski definition) is 3. The van der Waals surface area contributed by atoms with Crippen LogP contribution in [0.4, 0.5) is 5.69 Å². The number of amides is 1. The Hall–Kier alpha value is -3.26. The molecule has 7 nitrogen and oxygen atoms in total. The summed E-state index contributed by atoms with van der Waals surface area (Å²) in [5.74, 6) is 0.0848. The van der Waals surface area contributed by atoms with Gasteiger partial charge in [-0.3, -0.25) is 9.36 Å². The summed E-state index contributed by atoms with van der Waals surface area (Å²) >= 11 is 1.37. The monoisotopic (exact) mass is 393 g/mol. The molecule has 0 bridgehead atoms. The van der Waals surface area contributed by atoms with Gasteiger partial charge in [0, 0.05) is 18.1 Å². The van der Waals surface area contributed by atoms with Crippen molar-refractivity contribution in [2.75, 3.05) is 11.1 Å². The Morgan fingerprint density at radius 1 is 1.18 bits per heavy atom. The van der Waals surface area contributed by atoms with E-state index in [0.29, 0.717) is 16.7 Å². The molecular formula is C20H19N5O2S. The van der Waals surface area contributed by atoms with Crippen LogP contribution in [0.2, 0.25) is 0 Å². The van der Waals surface area contributed by atoms with Crippen LogP contribution >= 0.6 is 11.8 Å². The van der Waals surface area contributed by atoms with E-state index in [1.165, 1.54) is 22.9 Å². The molecule has 4 rings (SSSR count). The predicted molar refractivity (Wildman–Crippen MR) is 111 cm³/mol. The molecule has 0 saturated heterocycles. The van der Waals surface area contributed by atoms with Crippen LogP contribution in [0.15, 0.2) is 58.7 Å². The lowest BCUT2D eigenvalue weighted by atomic mass is 10.1. The SMILES string of the molecule is Cc1cccc(-n2ccnc2SCC(=O)Nc2ccc3[nH]c(=O)[nH]c3c2)c1C. The summed E-state index contributed by atoms with van der Waals surface area (Å²) < 4.78 is 2.00. The molecule has 8 heteroatoms. The van der Waals surface area contributed by atoms with Crippen LogP contribution in [-0.4, -0.2) is 31.2 Å². The van der Waals surface area contributed by atoms with E-state index in [2.05, 4.69) is 40.2 Å². The molecule has 0 aliphatic carbocycles. The lowest BCUT2D eigenvalue weighted by molar-refractivity contribution is -0.113. The molecule has 0 saturated carbocycles. The van der Waals surface area contributed by atoms with E-state index in [9.17, 15) is 9.59 Å². The van der Waals surface area contributed by atoms with Crippen LogP contribution in [0.3, 0.4) is 0 Å². The molecule has 0 atom stereocenters. The van der Waals surface area contributed by atoms with E-state index in [1.807, 2.05) is 22.9 Å². The molecule has 142 valence electrons. The number of rotatable bonds is 5. The first-order chi connectivity index (χ1) is 13.5. The van der Waals surface area contributed by atoms with Crippen LogP contribution in [0.25, 0.3) is 16.7 Å². The van der Waals surface area contributed by atoms with Crippen LogP contribution in [0.5, 0.6) is 0 Å². The zero-order valence-electron chi connectivity index (χ0n) is 15.4. The van der Waals surface area contributed by atoms with Gasteiger partial charge in [-0.05, 0) is 49.2 Å². The van der Waals surface area contributed by atoms with Crippen molar-refractivity contribution in [1.29, 1.82) is 0 Å². The number of aryl methyl sites for hydroxylation is 1. The topological polar surface area (TPSA) is 95.6 Å². The van der Waals surface area contributed by atoms with Crippen LogP contribution in [0.1, 0.15) is 11.1 Å². The van der Waals surface area contributed by atoms with Gasteiger partial charge in [-0.1, -0.05) is 23.9 Å². The summed E-state index contributed by atoms with van der Waals surface area (Å²) in [5, 5.41) is 3.61. The Labute approximate surface area is 165 Å². The highest BCUT2D eigenvalue weighted by Gasteiger charge is 2.12. The highest BCUT2D eigenvalue weighted by molar-refractivity contribution is 7.99. The van der Waals surface area contributed by atoms with Crippen molar-refractivity contribution in [3.8, 4) is 5.69 Å². The molecule has 0 aliphatic rings. The van der Waals surface area contributed by atoms with Crippen molar-refractivity contribution in [3.63, 3.8) is 0 Å². The molecule has 0 aliphatic heterocycles. The minimum absolute atomic E-state index is 0.141. The average molecular weight is 393 g/mol. The maximum atomic E-state index is 12.4. The Morgan fingerprint density at radius 3 is 2.86 bits per heavy atom. The van der Waals surface area contributed by atoms with Crippen molar-refractivity contribution in [3.05, 3.63) is 70.4 Å². The van der Waals surface area contributed by atoms with Gasteiger partial charge in [0.1, 0.15) is 0 Å². The molecule has 4 aromatic rings. The first kappa shape index (κ1) is 18.1. The molecule has 0 spiro atoms. The largest absolute Gasteiger partial charge is 0.325 e. The van der Waals surface area contributed by atoms with Crippen molar-refractivity contribution in [2.45, 2.75) is 19.0 Å². The Balaban J connectivity index is 1.46. The van der Waals surface area contributed by atoms with Gasteiger partial charge in [-0.25, -0.2) is 9.78 Å². The lowest BCUT2D eigenvalue weighted by Gasteiger charge is -2.12. The number of nitrogens with one attached hydrogen (secondary N) is 3. The van der Waals surface area contributed by atoms with Crippen molar-refractivity contribution in [2.24, 2.45) is 0 Å². The van der Waals surface area contributed by atoms with Gasteiger partial charge in [0.05, 0.1) is 22.5 Å². The van der Waals surface area contributed by atoms with Crippen molar-refractivity contribution >= 4 is 34.4 Å². The zero-order chi connectivity index (χ0) is 19.7. The Morgan fingerprint density at radius 2 is 2.00 bits per heavy atom. The standard InChI is InChI=1S/C20H19N5O2S/c1-12-4-3-5-17(13(12)2)25-9-8-21-20(25)28-11-18(26)22-14-6-7-15-16(10-14)24-19(27)23-15/h3-10H,11H2,1-2H3,(H,22,26)(H2,23,24,27). The zero-order valence-corrected chi connectivity index (χ0v) is 16.3. The van der Waals surface area contributed by atoms with Gasteiger partial charge >= 0.3 is 5.69 Å². The third kappa shape index (κ3) is 3.59. The van der Waals surface area contributed by atoms with E-state index < -0.39 is 0 Å². The summed E-state index contributed by atoms with van der Waals surface area (Å²) in [5.41, 5.74) is 5.16. The fourth-order valence-electron chi connectivity index (χ4n) is 3.01. The first-order valence-electron chi connectivity index (χ1n) is 8.76. The second-order valence-corrected chi connectivity index (χ2v) is 7.42. The molecule has 1 amide bonds. The number of benzene rings is 2. The predicted octanol–water partition coefficient (Wildman–Crippen LogP) is 3.39. The molecule has 0 radical (unpaired) electrons. The summed E-state index contributed by atoms with van der Waals surface area (Å²) in [6.45, 7) is 4.15. The van der Waals surface area contributed by atoms with E-state index in [0.717, 1.165) is 10.8 Å². The van der Waals surface area contributed by atoms with E-state index >= 15 is 0 Å². The number of anilines is 1. The number of aromatic amines is 2. The number of nitrogens with zero attached hydrogens (tertiary/aromatic N) is 2. The van der Waals surface area contributed by atoms with Gasteiger partial charge in [0.15, 0.2) is 5.16 Å². The fourth-order valence-corrected chi connectivity index (χ4v) is 3.78. The third-order valence-corrected chi connectivity index (χ3v) is 5.54. The second-order valence-electron chi connectivity index (χ2n) is 6.48. The maximum absolute atomic E-state index is 12.4. The molecule has 2 heterocycles. The van der Waals surface area contributed by atoms with Gasteiger partial charge in [0.25, 0.3) is 0 Å². The molecular weight excluding hydrogens is 374 g/mol. The highest BCUT2D eigenvalue weighted by Crippen LogP contribution is 2.24. The molecule has 0 unspecified atom stereocenters. The molecule has 28 heavy (non-hydrogen) atoms. The van der Waals surface area contributed by atoms with Crippen LogP contribution in [-0.2, 0) is 4.79 Å². The van der Waals surface area contributed by atoms with Crippen molar-refractivity contribution < 1.29 is 4.79 Å². The normalized spacial score (nSPS) is 11.1. The van der Waals surface area contributed by atoms with Gasteiger partial charge < -0.3 is 15.3 Å². The van der Waals surface area contributed by atoms with E-state index in [4.69, 9.17) is 0 Å². The number of hydrogen-bond acceptors (Lipinski definition) is 4. The Kier molecular flexibility index (Phi) is 4.79. The smallest absolute Gasteiger partial charge is 0.323 e. The average Bonchev–Trinajstić information content (AvgIpc) is 3.27. The van der Waals surface area contributed by atoms with Crippen molar-refractivity contribution in [1.82, 2.24) is 19.5 Å². The minimum atomic E-state index is -0.271. The summed E-state index contributed by atoms with van der Waals surface area (Å²) in [6, 6.07) is 11.4. The number of H-pyrrole nitrogens is 2. The minimum Gasteiger partial charge on any atom is -0.325 e. The summed E-state index contributed by atoms with van der Waals surface area (Å²) in [6.07, 6.45) is 3.64. The Bertz CT molecular complexity index is 1220. The van der Waals surface area contributed by atoms with Gasteiger partial charge in [-0.2, -0.15) is 0 Å². The van der Waals surface area contributed by atoms with E-state index in [-0.39, 0.29) is 17.3 Å². The van der Waals surface area contributed by atoms with E-state index in [1.54, 1.807) is 24.4 Å². The second kappa shape index (κ2) is 7.40. The van der Waals surface area contributed by atoms with Crippen LogP contribution in [0, 0.1) is 13.8 Å². The lowest BCUT2D eigenvalue weighted by Crippen LogP contribution is -2.14. The van der Waals surface area contributed by atoms with Gasteiger partial charge in [-0.15, -0.1) is 0 Å².